The normalized spacial score (nSPS) is 33.8. The highest BCUT2D eigenvalue weighted by atomic mass is 16.2. The van der Waals surface area contributed by atoms with Crippen LogP contribution in [0.2, 0.25) is 0 Å². The number of hydrogen-bond donors (Lipinski definition) is 0. The van der Waals surface area contributed by atoms with E-state index in [1.807, 2.05) is 0 Å². The van der Waals surface area contributed by atoms with Crippen LogP contribution in [-0.4, -0.2) is 22.8 Å². The first-order valence-corrected chi connectivity index (χ1v) is 9.20. The van der Waals surface area contributed by atoms with Gasteiger partial charge in [0.1, 0.15) is 0 Å². The molecule has 5 atom stereocenters. The molecule has 3 rings (SSSR count). The molecule has 3 nitrogen and oxygen atoms in total. The third-order valence-electron chi connectivity index (χ3n) is 5.92. The van der Waals surface area contributed by atoms with Crippen LogP contribution in [-0.2, 0) is 9.59 Å². The van der Waals surface area contributed by atoms with Gasteiger partial charge in [-0.3, -0.25) is 14.5 Å². The van der Waals surface area contributed by atoms with Crippen molar-refractivity contribution >= 4 is 11.8 Å². The van der Waals surface area contributed by atoms with Gasteiger partial charge in [-0.15, -0.1) is 0 Å². The number of allylic oxidation sites excluding steroid dienone is 2. The maximum Gasteiger partial charge on any atom is 0.233 e. The molecule has 2 bridgehead atoms. The van der Waals surface area contributed by atoms with E-state index in [-0.39, 0.29) is 29.7 Å². The van der Waals surface area contributed by atoms with E-state index >= 15 is 0 Å². The number of likely N-dealkylation sites (tertiary alicyclic amines) is 1. The summed E-state index contributed by atoms with van der Waals surface area (Å²) in [6.45, 7) is 4.28. The van der Waals surface area contributed by atoms with Gasteiger partial charge in [-0.25, -0.2) is 0 Å². The fraction of sp³-hybridized carbons (Fsp3) is 0.789. The predicted octanol–water partition coefficient (Wildman–Crippen LogP) is 3.93. The van der Waals surface area contributed by atoms with Gasteiger partial charge in [0.25, 0.3) is 0 Å². The Morgan fingerprint density at radius 3 is 2.14 bits per heavy atom. The highest BCUT2D eigenvalue weighted by Gasteiger charge is 2.59. The molecule has 1 saturated carbocycles. The summed E-state index contributed by atoms with van der Waals surface area (Å²) in [6, 6.07) is 0.0798. The number of amides is 2. The van der Waals surface area contributed by atoms with Crippen molar-refractivity contribution in [3.63, 3.8) is 0 Å². The highest BCUT2D eigenvalue weighted by molar-refractivity contribution is 6.06. The van der Waals surface area contributed by atoms with E-state index in [1.54, 1.807) is 4.90 Å². The van der Waals surface area contributed by atoms with Gasteiger partial charge < -0.3 is 0 Å². The molecule has 0 radical (unpaired) electrons. The Bertz CT molecular complexity index is 440. The number of fused-ring (bicyclic) bond motifs is 5. The summed E-state index contributed by atoms with van der Waals surface area (Å²) in [7, 11) is 0. The fourth-order valence-corrected chi connectivity index (χ4v) is 4.71. The third kappa shape index (κ3) is 2.63. The van der Waals surface area contributed by atoms with Crippen LogP contribution in [0.3, 0.4) is 0 Å². The van der Waals surface area contributed by atoms with Gasteiger partial charge in [-0.1, -0.05) is 57.6 Å². The van der Waals surface area contributed by atoms with Crippen molar-refractivity contribution in [3.8, 4) is 0 Å². The molecule has 1 heterocycles. The summed E-state index contributed by atoms with van der Waals surface area (Å²) >= 11 is 0. The first-order valence-electron chi connectivity index (χ1n) is 9.20. The number of carbonyl (C=O) groups excluding carboxylic acids is 2. The van der Waals surface area contributed by atoms with Crippen LogP contribution in [0.15, 0.2) is 12.2 Å². The van der Waals surface area contributed by atoms with Crippen molar-refractivity contribution in [2.24, 2.45) is 23.7 Å². The molecule has 2 aliphatic carbocycles. The Labute approximate surface area is 134 Å². The number of rotatable bonds is 8. The molecular formula is C19H29NO2. The summed E-state index contributed by atoms with van der Waals surface area (Å²) in [5.41, 5.74) is 0. The molecule has 0 N–H and O–H groups in total. The summed E-state index contributed by atoms with van der Waals surface area (Å²) in [5, 5.41) is 0. The molecular weight excluding hydrogens is 274 g/mol. The summed E-state index contributed by atoms with van der Waals surface area (Å²) in [4.78, 5) is 27.0. The van der Waals surface area contributed by atoms with Gasteiger partial charge in [0.05, 0.1) is 11.8 Å². The van der Waals surface area contributed by atoms with Gasteiger partial charge in [0.15, 0.2) is 0 Å². The fourth-order valence-electron chi connectivity index (χ4n) is 4.71. The maximum atomic E-state index is 12.7. The highest BCUT2D eigenvalue weighted by Crippen LogP contribution is 2.52. The second-order valence-electron chi connectivity index (χ2n) is 7.45. The van der Waals surface area contributed by atoms with Crippen molar-refractivity contribution in [2.45, 2.75) is 71.3 Å². The summed E-state index contributed by atoms with van der Waals surface area (Å²) in [6.07, 6.45) is 13.8. The molecule has 2 amide bonds. The largest absolute Gasteiger partial charge is 0.279 e. The van der Waals surface area contributed by atoms with E-state index < -0.39 is 0 Å². The number of unbranched alkanes of at least 4 members (excludes halogenated alkanes) is 5. The number of carbonyl (C=O) groups is 2. The maximum absolute atomic E-state index is 12.7. The van der Waals surface area contributed by atoms with Gasteiger partial charge in [0.2, 0.25) is 11.8 Å². The van der Waals surface area contributed by atoms with Gasteiger partial charge >= 0.3 is 0 Å². The van der Waals surface area contributed by atoms with Crippen molar-refractivity contribution in [1.29, 1.82) is 0 Å². The van der Waals surface area contributed by atoms with Crippen LogP contribution >= 0.6 is 0 Å². The van der Waals surface area contributed by atoms with Crippen molar-refractivity contribution in [3.05, 3.63) is 12.2 Å². The van der Waals surface area contributed by atoms with Gasteiger partial charge in [0, 0.05) is 6.04 Å². The quantitative estimate of drug-likeness (QED) is 0.387. The van der Waals surface area contributed by atoms with Crippen molar-refractivity contribution < 1.29 is 9.59 Å². The van der Waals surface area contributed by atoms with Crippen molar-refractivity contribution in [2.75, 3.05) is 0 Å². The third-order valence-corrected chi connectivity index (χ3v) is 5.92. The molecule has 1 saturated heterocycles. The first-order chi connectivity index (χ1) is 10.6. The second-order valence-corrected chi connectivity index (χ2v) is 7.45. The zero-order valence-corrected chi connectivity index (χ0v) is 14.0. The van der Waals surface area contributed by atoms with Crippen LogP contribution in [0.25, 0.3) is 0 Å². The Balaban J connectivity index is 1.50. The molecule has 0 aromatic rings. The average Bonchev–Trinajstić information content (AvgIpc) is 3.17. The molecule has 0 aromatic heterocycles. The van der Waals surface area contributed by atoms with Crippen molar-refractivity contribution in [1.82, 2.24) is 4.90 Å². The van der Waals surface area contributed by atoms with Crippen LogP contribution in [0, 0.1) is 23.7 Å². The molecule has 1 aliphatic heterocycles. The minimum atomic E-state index is -0.0329. The van der Waals surface area contributed by atoms with E-state index in [2.05, 4.69) is 26.0 Å². The average molecular weight is 303 g/mol. The minimum absolute atomic E-state index is 0.0329. The first kappa shape index (κ1) is 15.8. The van der Waals surface area contributed by atoms with E-state index in [4.69, 9.17) is 0 Å². The lowest BCUT2D eigenvalue weighted by Crippen LogP contribution is -2.40. The topological polar surface area (TPSA) is 37.4 Å². The Hall–Kier alpha value is -1.12. The molecule has 0 aromatic carbocycles. The van der Waals surface area contributed by atoms with E-state index in [0.29, 0.717) is 11.8 Å². The molecule has 3 aliphatic rings. The van der Waals surface area contributed by atoms with Crippen LogP contribution < -0.4 is 0 Å². The lowest BCUT2D eigenvalue weighted by Gasteiger charge is -2.24. The summed E-state index contributed by atoms with van der Waals surface area (Å²) in [5.74, 6) is 0.829. The molecule has 122 valence electrons. The minimum Gasteiger partial charge on any atom is -0.279 e. The molecule has 0 spiro atoms. The smallest absolute Gasteiger partial charge is 0.233 e. The molecule has 5 unspecified atom stereocenters. The zero-order chi connectivity index (χ0) is 15.7. The van der Waals surface area contributed by atoms with Crippen LogP contribution in [0.4, 0.5) is 0 Å². The Morgan fingerprint density at radius 1 is 1.00 bits per heavy atom. The van der Waals surface area contributed by atoms with E-state index in [9.17, 15) is 9.59 Å². The predicted molar refractivity (Wildman–Crippen MR) is 87.0 cm³/mol. The van der Waals surface area contributed by atoms with Gasteiger partial charge in [-0.05, 0) is 31.6 Å². The Kier molecular flexibility index (Phi) is 4.70. The lowest BCUT2D eigenvalue weighted by atomic mass is 9.85. The zero-order valence-electron chi connectivity index (χ0n) is 14.0. The van der Waals surface area contributed by atoms with Crippen LogP contribution in [0.5, 0.6) is 0 Å². The van der Waals surface area contributed by atoms with Crippen LogP contribution in [0.1, 0.15) is 65.2 Å². The van der Waals surface area contributed by atoms with E-state index in [1.165, 1.54) is 32.1 Å². The second kappa shape index (κ2) is 6.55. The lowest BCUT2D eigenvalue weighted by molar-refractivity contribution is -0.143. The number of nitrogens with zero attached hydrogens (tertiary/aromatic N) is 1. The SMILES string of the molecule is CCCCCCCCC(C)N1C(=O)C2C3C=CC(C3)C2C1=O. The monoisotopic (exact) mass is 303 g/mol. The van der Waals surface area contributed by atoms with E-state index in [0.717, 1.165) is 19.3 Å². The Morgan fingerprint density at radius 2 is 1.55 bits per heavy atom. The molecule has 22 heavy (non-hydrogen) atoms. The van der Waals surface area contributed by atoms with Gasteiger partial charge in [-0.2, -0.15) is 0 Å². The molecule has 3 heteroatoms. The standard InChI is InChI=1S/C19H29NO2/c1-3-4-5-6-7-8-9-13(2)20-18(21)16-14-10-11-15(12-14)17(16)19(20)22/h10-11,13-17H,3-9,12H2,1-2H3. The number of imide groups is 1. The summed E-state index contributed by atoms with van der Waals surface area (Å²) < 4.78 is 0. The number of hydrogen-bond acceptors (Lipinski definition) is 2. The molecule has 2 fully saturated rings.